The molecule has 0 radical (unpaired) electrons. The van der Waals surface area contributed by atoms with Crippen molar-refractivity contribution in [2.75, 3.05) is 26.7 Å². The molecule has 0 aromatic heterocycles. The molecule has 1 aliphatic carbocycles. The molecule has 1 aromatic rings. The van der Waals surface area contributed by atoms with E-state index in [4.69, 9.17) is 11.6 Å². The standard InChI is InChI=1S/C20H30ClN3O3S/c1-15(23(2)17-8-9-17)14-22-20(25)16-7-10-18(21)19(13-16)28(26,27)24-11-5-3-4-6-12-24/h7,10,13,15,17H,3-6,8-9,11-12,14H2,1-2H3,(H,22,25). The van der Waals surface area contributed by atoms with Gasteiger partial charge in [0.15, 0.2) is 0 Å². The molecule has 1 amide bonds. The molecule has 0 spiro atoms. The number of halogens is 1. The van der Waals surface area contributed by atoms with Crippen LogP contribution in [-0.4, -0.2) is 62.3 Å². The van der Waals surface area contributed by atoms with Crippen molar-refractivity contribution in [2.45, 2.75) is 62.4 Å². The number of nitrogens with one attached hydrogen (secondary N) is 1. The van der Waals surface area contributed by atoms with Gasteiger partial charge in [-0.05, 0) is 57.9 Å². The molecular weight excluding hydrogens is 398 g/mol. The van der Waals surface area contributed by atoms with Crippen LogP contribution in [0.5, 0.6) is 0 Å². The number of sulfonamides is 1. The van der Waals surface area contributed by atoms with E-state index in [1.165, 1.54) is 29.3 Å². The van der Waals surface area contributed by atoms with Crippen molar-refractivity contribution in [1.29, 1.82) is 0 Å². The van der Waals surface area contributed by atoms with Gasteiger partial charge < -0.3 is 5.32 Å². The molecule has 1 heterocycles. The number of hydrogen-bond donors (Lipinski definition) is 1. The van der Waals surface area contributed by atoms with E-state index < -0.39 is 10.0 Å². The molecule has 1 unspecified atom stereocenters. The van der Waals surface area contributed by atoms with Gasteiger partial charge in [-0.3, -0.25) is 9.69 Å². The summed E-state index contributed by atoms with van der Waals surface area (Å²) >= 11 is 6.21. The monoisotopic (exact) mass is 427 g/mol. The summed E-state index contributed by atoms with van der Waals surface area (Å²) in [6.07, 6.45) is 6.20. The molecule has 8 heteroatoms. The fourth-order valence-electron chi connectivity index (χ4n) is 3.59. The number of carbonyl (C=O) groups is 1. The third-order valence-corrected chi connectivity index (χ3v) is 8.13. The third-order valence-electron chi connectivity index (χ3n) is 5.75. The Morgan fingerprint density at radius 1 is 1.25 bits per heavy atom. The molecule has 28 heavy (non-hydrogen) atoms. The minimum atomic E-state index is -3.71. The lowest BCUT2D eigenvalue weighted by molar-refractivity contribution is 0.0939. The lowest BCUT2D eigenvalue weighted by atomic mass is 10.2. The first-order valence-corrected chi connectivity index (χ1v) is 11.9. The summed E-state index contributed by atoms with van der Waals surface area (Å²) in [7, 11) is -1.63. The van der Waals surface area contributed by atoms with Crippen LogP contribution < -0.4 is 5.32 Å². The molecule has 1 aliphatic heterocycles. The van der Waals surface area contributed by atoms with Gasteiger partial charge in [0.1, 0.15) is 4.90 Å². The number of rotatable bonds is 7. The van der Waals surface area contributed by atoms with E-state index in [-0.39, 0.29) is 21.9 Å². The van der Waals surface area contributed by atoms with E-state index in [0.717, 1.165) is 25.7 Å². The topological polar surface area (TPSA) is 69.7 Å². The molecule has 3 rings (SSSR count). The summed E-state index contributed by atoms with van der Waals surface area (Å²) in [5.74, 6) is -0.278. The van der Waals surface area contributed by atoms with Crippen LogP contribution in [0.2, 0.25) is 5.02 Å². The first-order valence-electron chi connectivity index (χ1n) is 10.1. The van der Waals surface area contributed by atoms with Crippen LogP contribution in [0.4, 0.5) is 0 Å². The number of benzene rings is 1. The highest BCUT2D eigenvalue weighted by Gasteiger charge is 2.30. The summed E-state index contributed by atoms with van der Waals surface area (Å²) in [6.45, 7) is 3.60. The second-order valence-corrected chi connectivity index (χ2v) is 10.2. The predicted molar refractivity (Wildman–Crippen MR) is 111 cm³/mol. The Labute approximate surface area is 173 Å². The van der Waals surface area contributed by atoms with Crippen LogP contribution in [-0.2, 0) is 10.0 Å². The minimum Gasteiger partial charge on any atom is -0.350 e. The number of likely N-dealkylation sites (N-methyl/N-ethyl adjacent to an activating group) is 1. The molecule has 2 aliphatic rings. The zero-order chi connectivity index (χ0) is 20.3. The average Bonchev–Trinajstić information content (AvgIpc) is 3.52. The van der Waals surface area contributed by atoms with Crippen LogP contribution in [0, 0.1) is 0 Å². The zero-order valence-corrected chi connectivity index (χ0v) is 18.2. The van der Waals surface area contributed by atoms with Crippen LogP contribution in [0.3, 0.4) is 0 Å². The Kier molecular flexibility index (Phi) is 7.02. The van der Waals surface area contributed by atoms with Gasteiger partial charge in [-0.25, -0.2) is 8.42 Å². The molecule has 0 bridgehead atoms. The molecule has 2 fully saturated rings. The smallest absolute Gasteiger partial charge is 0.251 e. The highest BCUT2D eigenvalue weighted by molar-refractivity contribution is 7.89. The second-order valence-electron chi connectivity index (χ2n) is 7.92. The quantitative estimate of drug-likeness (QED) is 0.725. The van der Waals surface area contributed by atoms with Crippen molar-refractivity contribution in [2.24, 2.45) is 0 Å². The summed E-state index contributed by atoms with van der Waals surface area (Å²) < 4.78 is 27.6. The SMILES string of the molecule is CC(CNC(=O)c1ccc(Cl)c(S(=O)(=O)N2CCCCCC2)c1)N(C)C1CC1. The zero-order valence-electron chi connectivity index (χ0n) is 16.7. The van der Waals surface area contributed by atoms with Gasteiger partial charge >= 0.3 is 0 Å². The molecule has 1 saturated heterocycles. The first-order chi connectivity index (χ1) is 13.3. The molecule has 156 valence electrons. The summed E-state index contributed by atoms with van der Waals surface area (Å²) in [6, 6.07) is 5.33. The second kappa shape index (κ2) is 9.11. The van der Waals surface area contributed by atoms with Gasteiger partial charge in [0.25, 0.3) is 5.91 Å². The Hall–Kier alpha value is -1.15. The van der Waals surface area contributed by atoms with E-state index >= 15 is 0 Å². The normalized spacial score (nSPS) is 20.0. The molecule has 1 saturated carbocycles. The summed E-state index contributed by atoms with van der Waals surface area (Å²) in [5, 5.41) is 3.07. The van der Waals surface area contributed by atoms with Gasteiger partial charge in [-0.2, -0.15) is 4.31 Å². The number of carbonyl (C=O) groups excluding carboxylic acids is 1. The minimum absolute atomic E-state index is 0.0202. The molecule has 1 N–H and O–H groups in total. The maximum absolute atomic E-state index is 13.1. The molecule has 1 aromatic carbocycles. The van der Waals surface area contributed by atoms with E-state index in [9.17, 15) is 13.2 Å². The lowest BCUT2D eigenvalue weighted by Gasteiger charge is -2.24. The number of amides is 1. The van der Waals surface area contributed by atoms with Crippen LogP contribution in [0.1, 0.15) is 55.8 Å². The van der Waals surface area contributed by atoms with E-state index in [2.05, 4.69) is 24.2 Å². The third kappa shape index (κ3) is 5.06. The van der Waals surface area contributed by atoms with Crippen molar-refractivity contribution >= 4 is 27.5 Å². The first kappa shape index (κ1) is 21.6. The van der Waals surface area contributed by atoms with Gasteiger partial charge in [-0.15, -0.1) is 0 Å². The summed E-state index contributed by atoms with van der Waals surface area (Å²) in [5.41, 5.74) is 0.319. The van der Waals surface area contributed by atoms with Crippen LogP contribution in [0.15, 0.2) is 23.1 Å². The molecule has 6 nitrogen and oxygen atoms in total. The number of nitrogens with zero attached hydrogens (tertiary/aromatic N) is 2. The van der Waals surface area contributed by atoms with E-state index in [1.54, 1.807) is 6.07 Å². The van der Waals surface area contributed by atoms with Crippen LogP contribution in [0.25, 0.3) is 0 Å². The Morgan fingerprint density at radius 3 is 2.50 bits per heavy atom. The largest absolute Gasteiger partial charge is 0.350 e. The maximum Gasteiger partial charge on any atom is 0.251 e. The van der Waals surface area contributed by atoms with Gasteiger partial charge in [-0.1, -0.05) is 24.4 Å². The predicted octanol–water partition coefficient (Wildman–Crippen LogP) is 3.12. The van der Waals surface area contributed by atoms with Crippen LogP contribution >= 0.6 is 11.6 Å². The Balaban J connectivity index is 1.72. The number of hydrogen-bond acceptors (Lipinski definition) is 4. The van der Waals surface area contributed by atoms with Crippen molar-refractivity contribution in [3.05, 3.63) is 28.8 Å². The Morgan fingerprint density at radius 2 is 1.89 bits per heavy atom. The van der Waals surface area contributed by atoms with Crippen molar-refractivity contribution in [3.8, 4) is 0 Å². The van der Waals surface area contributed by atoms with Gasteiger partial charge in [0.05, 0.1) is 5.02 Å². The molecular formula is C20H30ClN3O3S. The van der Waals surface area contributed by atoms with Crippen molar-refractivity contribution in [3.63, 3.8) is 0 Å². The van der Waals surface area contributed by atoms with E-state index in [1.807, 2.05) is 0 Å². The van der Waals surface area contributed by atoms with Gasteiger partial charge in [0, 0.05) is 37.3 Å². The van der Waals surface area contributed by atoms with Gasteiger partial charge in [0.2, 0.25) is 10.0 Å². The fraction of sp³-hybridized carbons (Fsp3) is 0.650. The summed E-state index contributed by atoms with van der Waals surface area (Å²) in [4.78, 5) is 14.9. The fourth-order valence-corrected chi connectivity index (χ4v) is 5.61. The highest BCUT2D eigenvalue weighted by atomic mass is 35.5. The van der Waals surface area contributed by atoms with E-state index in [0.29, 0.717) is 31.2 Å². The maximum atomic E-state index is 13.1. The lowest BCUT2D eigenvalue weighted by Crippen LogP contribution is -2.41. The Bertz CT molecular complexity index is 803. The molecule has 1 atom stereocenters. The van der Waals surface area contributed by atoms with Crippen molar-refractivity contribution in [1.82, 2.24) is 14.5 Å². The highest BCUT2D eigenvalue weighted by Crippen LogP contribution is 2.28. The van der Waals surface area contributed by atoms with Crippen molar-refractivity contribution < 1.29 is 13.2 Å². The average molecular weight is 428 g/mol.